The molecule has 6 nitrogen and oxygen atoms in total. The molecule has 1 aliphatic heterocycles. The van der Waals surface area contributed by atoms with E-state index in [1.807, 2.05) is 52.1 Å². The van der Waals surface area contributed by atoms with Crippen molar-refractivity contribution in [3.63, 3.8) is 0 Å². The summed E-state index contributed by atoms with van der Waals surface area (Å²) in [6.45, 7) is 2.97. The summed E-state index contributed by atoms with van der Waals surface area (Å²) in [4.78, 5) is 26.3. The summed E-state index contributed by atoms with van der Waals surface area (Å²) in [6.07, 6.45) is 5.19. The number of anilines is 1. The Balaban J connectivity index is 1.44. The first kappa shape index (κ1) is 18.6. The maximum Gasteiger partial charge on any atom is 0.256 e. The lowest BCUT2D eigenvalue weighted by molar-refractivity contribution is 0.0748. The van der Waals surface area contributed by atoms with Gasteiger partial charge in [0.05, 0.1) is 11.1 Å². The van der Waals surface area contributed by atoms with E-state index in [1.165, 1.54) is 5.69 Å². The molecule has 0 aliphatic carbocycles. The van der Waals surface area contributed by atoms with Gasteiger partial charge in [0.15, 0.2) is 0 Å². The van der Waals surface area contributed by atoms with E-state index in [1.54, 1.807) is 18.5 Å². The van der Waals surface area contributed by atoms with Gasteiger partial charge in [-0.2, -0.15) is 0 Å². The fraction of sp³-hybridized carbons (Fsp3) is 0.174. The van der Waals surface area contributed by atoms with Crippen molar-refractivity contribution in [3.8, 4) is 5.95 Å². The van der Waals surface area contributed by atoms with E-state index in [2.05, 4.69) is 27.0 Å². The molecule has 0 saturated carbocycles. The summed E-state index contributed by atoms with van der Waals surface area (Å²) in [5.74, 6) is 0.530. The molecule has 2 aromatic heterocycles. The topological polar surface area (TPSA) is 54.3 Å². The molecular formula is C23H20ClN5O. The van der Waals surface area contributed by atoms with Crippen molar-refractivity contribution in [2.24, 2.45) is 0 Å². The van der Waals surface area contributed by atoms with Gasteiger partial charge in [-0.3, -0.25) is 9.36 Å². The van der Waals surface area contributed by atoms with Gasteiger partial charge < -0.3 is 9.80 Å². The largest absolute Gasteiger partial charge is 0.368 e. The van der Waals surface area contributed by atoms with E-state index in [0.717, 1.165) is 24.0 Å². The summed E-state index contributed by atoms with van der Waals surface area (Å²) in [5, 5.41) is 1.45. The molecule has 4 aromatic rings. The number of para-hydroxylation sites is 1. The minimum atomic E-state index is 0.0183. The number of hydrogen-bond acceptors (Lipinski definition) is 4. The predicted octanol–water partition coefficient (Wildman–Crippen LogP) is 4.04. The van der Waals surface area contributed by atoms with E-state index in [4.69, 9.17) is 11.6 Å². The van der Waals surface area contributed by atoms with Gasteiger partial charge in [0, 0.05) is 60.9 Å². The molecule has 0 bridgehead atoms. The molecule has 1 fully saturated rings. The van der Waals surface area contributed by atoms with Gasteiger partial charge in [0.25, 0.3) is 5.91 Å². The van der Waals surface area contributed by atoms with Crippen LogP contribution in [0.15, 0.2) is 73.2 Å². The van der Waals surface area contributed by atoms with Crippen LogP contribution in [0.2, 0.25) is 5.02 Å². The quantitative estimate of drug-likeness (QED) is 0.505. The number of carbonyl (C=O) groups is 1. The molecule has 0 unspecified atom stereocenters. The van der Waals surface area contributed by atoms with Gasteiger partial charge in [-0.1, -0.05) is 35.9 Å². The van der Waals surface area contributed by atoms with Gasteiger partial charge >= 0.3 is 0 Å². The number of aromatic nitrogens is 3. The Bertz CT molecular complexity index is 1180. The highest BCUT2D eigenvalue weighted by molar-refractivity contribution is 6.31. The van der Waals surface area contributed by atoms with Crippen LogP contribution in [0.4, 0.5) is 5.69 Å². The highest BCUT2D eigenvalue weighted by Gasteiger charge is 2.25. The molecular weight excluding hydrogens is 398 g/mol. The SMILES string of the molecule is O=C(c1cn(-c2ncccn2)c2cc(Cl)ccc12)N1CCN(c2ccccc2)CC1. The van der Waals surface area contributed by atoms with Crippen LogP contribution >= 0.6 is 11.6 Å². The molecule has 0 atom stereocenters. The third kappa shape index (κ3) is 3.39. The minimum absolute atomic E-state index is 0.0183. The number of amides is 1. The number of benzene rings is 2. The Kier molecular flexibility index (Phi) is 4.85. The van der Waals surface area contributed by atoms with Crippen LogP contribution in [-0.4, -0.2) is 51.5 Å². The number of hydrogen-bond donors (Lipinski definition) is 0. The van der Waals surface area contributed by atoms with Crippen LogP contribution in [0.3, 0.4) is 0 Å². The fourth-order valence-electron chi connectivity index (χ4n) is 3.93. The molecule has 150 valence electrons. The summed E-state index contributed by atoms with van der Waals surface area (Å²) in [7, 11) is 0. The molecule has 7 heteroatoms. The van der Waals surface area contributed by atoms with Crippen molar-refractivity contribution in [1.29, 1.82) is 0 Å². The Morgan fingerprint density at radius 1 is 0.900 bits per heavy atom. The molecule has 3 heterocycles. The van der Waals surface area contributed by atoms with Crippen LogP contribution in [0.5, 0.6) is 0 Å². The smallest absolute Gasteiger partial charge is 0.256 e. The molecule has 2 aromatic carbocycles. The van der Waals surface area contributed by atoms with Crippen molar-refractivity contribution < 1.29 is 4.79 Å². The Labute approximate surface area is 179 Å². The first-order valence-corrected chi connectivity index (χ1v) is 10.3. The first-order chi connectivity index (χ1) is 14.7. The van der Waals surface area contributed by atoms with Crippen LogP contribution in [0.1, 0.15) is 10.4 Å². The van der Waals surface area contributed by atoms with Gasteiger partial charge in [-0.05, 0) is 30.3 Å². The summed E-state index contributed by atoms with van der Waals surface area (Å²) < 4.78 is 1.83. The van der Waals surface area contributed by atoms with Crippen molar-refractivity contribution in [1.82, 2.24) is 19.4 Å². The molecule has 0 radical (unpaired) electrons. The van der Waals surface area contributed by atoms with Crippen LogP contribution in [0, 0.1) is 0 Å². The van der Waals surface area contributed by atoms with E-state index in [0.29, 0.717) is 29.6 Å². The lowest BCUT2D eigenvalue weighted by atomic mass is 10.1. The average molecular weight is 418 g/mol. The minimum Gasteiger partial charge on any atom is -0.368 e. The van der Waals surface area contributed by atoms with Gasteiger partial charge in [-0.15, -0.1) is 0 Å². The van der Waals surface area contributed by atoms with E-state index < -0.39 is 0 Å². The number of rotatable bonds is 3. The molecule has 30 heavy (non-hydrogen) atoms. The van der Waals surface area contributed by atoms with E-state index >= 15 is 0 Å². The molecule has 5 rings (SSSR count). The average Bonchev–Trinajstić information content (AvgIpc) is 3.18. The lowest BCUT2D eigenvalue weighted by Crippen LogP contribution is -2.48. The summed E-state index contributed by atoms with van der Waals surface area (Å²) >= 11 is 6.23. The second kappa shape index (κ2) is 7.80. The van der Waals surface area contributed by atoms with Crippen molar-refractivity contribution in [2.45, 2.75) is 0 Å². The van der Waals surface area contributed by atoms with E-state index in [-0.39, 0.29) is 5.91 Å². The second-order valence-electron chi connectivity index (χ2n) is 7.24. The standard InChI is InChI=1S/C23H20ClN5O/c24-17-7-8-19-20(16-29(21(19)15-17)23-25-9-4-10-26-23)22(30)28-13-11-27(12-14-28)18-5-2-1-3-6-18/h1-10,15-16H,11-14H2. The van der Waals surface area contributed by atoms with Crippen LogP contribution < -0.4 is 4.90 Å². The van der Waals surface area contributed by atoms with Gasteiger partial charge in [0.2, 0.25) is 5.95 Å². The number of halogens is 1. The second-order valence-corrected chi connectivity index (χ2v) is 7.67. The Hall–Kier alpha value is -3.38. The molecule has 0 N–H and O–H groups in total. The van der Waals surface area contributed by atoms with Crippen molar-refractivity contribution in [3.05, 3.63) is 83.8 Å². The normalized spacial score (nSPS) is 14.3. The zero-order valence-corrected chi connectivity index (χ0v) is 17.0. The molecule has 1 amide bonds. The van der Waals surface area contributed by atoms with Gasteiger partial charge in [0.1, 0.15) is 0 Å². The maximum atomic E-state index is 13.4. The van der Waals surface area contributed by atoms with Crippen molar-refractivity contribution >= 4 is 34.1 Å². The molecule has 1 saturated heterocycles. The lowest BCUT2D eigenvalue weighted by Gasteiger charge is -2.36. The zero-order valence-electron chi connectivity index (χ0n) is 16.3. The summed E-state index contributed by atoms with van der Waals surface area (Å²) in [6, 6.07) is 17.6. The predicted molar refractivity (Wildman–Crippen MR) is 118 cm³/mol. The fourth-order valence-corrected chi connectivity index (χ4v) is 4.09. The first-order valence-electron chi connectivity index (χ1n) is 9.88. The number of carbonyl (C=O) groups excluding carboxylic acids is 1. The highest BCUT2D eigenvalue weighted by Crippen LogP contribution is 2.28. The molecule has 0 spiro atoms. The maximum absolute atomic E-state index is 13.4. The van der Waals surface area contributed by atoms with Crippen LogP contribution in [-0.2, 0) is 0 Å². The van der Waals surface area contributed by atoms with E-state index in [9.17, 15) is 4.79 Å². The third-order valence-electron chi connectivity index (χ3n) is 5.45. The van der Waals surface area contributed by atoms with Gasteiger partial charge in [-0.25, -0.2) is 9.97 Å². The van der Waals surface area contributed by atoms with Crippen molar-refractivity contribution in [2.75, 3.05) is 31.1 Å². The number of piperazine rings is 1. The number of nitrogens with zero attached hydrogens (tertiary/aromatic N) is 5. The Morgan fingerprint density at radius 3 is 2.37 bits per heavy atom. The monoisotopic (exact) mass is 417 g/mol. The Morgan fingerprint density at radius 2 is 1.63 bits per heavy atom. The zero-order chi connectivity index (χ0) is 20.5. The summed E-state index contributed by atoms with van der Waals surface area (Å²) in [5.41, 5.74) is 2.65. The number of fused-ring (bicyclic) bond motifs is 1. The van der Waals surface area contributed by atoms with Crippen LogP contribution in [0.25, 0.3) is 16.9 Å². The highest BCUT2D eigenvalue weighted by atomic mass is 35.5. The third-order valence-corrected chi connectivity index (χ3v) is 5.69. The molecule has 1 aliphatic rings.